The summed E-state index contributed by atoms with van der Waals surface area (Å²) in [6, 6.07) is 0. The highest BCUT2D eigenvalue weighted by Gasteiger charge is 2.25. The van der Waals surface area contributed by atoms with Gasteiger partial charge >= 0.3 is 5.97 Å². The van der Waals surface area contributed by atoms with E-state index in [0.717, 1.165) is 29.7 Å². The fraction of sp³-hybridized carbons (Fsp3) is 0.750. The monoisotopic (exact) mass is 301 g/mol. The zero-order valence-corrected chi connectivity index (χ0v) is 12.8. The third-order valence-electron chi connectivity index (χ3n) is 2.91. The van der Waals surface area contributed by atoms with Crippen molar-refractivity contribution in [3.05, 3.63) is 5.82 Å². The molecule has 0 bridgehead atoms. The molecule has 106 valence electrons. The lowest BCUT2D eigenvalue weighted by molar-refractivity contribution is -0.133. The van der Waals surface area contributed by atoms with Gasteiger partial charge in [-0.1, -0.05) is 25.6 Å². The first-order chi connectivity index (χ1) is 9.08. The zero-order valence-electron chi connectivity index (χ0n) is 11.2. The standard InChI is InChI=1S/C12H19N3O2S2/c1-8(2)5-15-11(9-3-4-18-6-9)13-14-12(15)19-7-10(16)17/h8-9H,3-7H2,1-2H3,(H,16,17). The predicted molar refractivity (Wildman–Crippen MR) is 77.9 cm³/mol. The van der Waals surface area contributed by atoms with Crippen molar-refractivity contribution in [2.24, 2.45) is 5.92 Å². The van der Waals surface area contributed by atoms with E-state index in [9.17, 15) is 4.79 Å². The molecule has 7 heteroatoms. The van der Waals surface area contributed by atoms with Gasteiger partial charge in [-0.2, -0.15) is 11.8 Å². The van der Waals surface area contributed by atoms with Crippen molar-refractivity contribution in [3.63, 3.8) is 0 Å². The Bertz CT molecular complexity index is 442. The Balaban J connectivity index is 2.19. The quantitative estimate of drug-likeness (QED) is 0.813. The zero-order chi connectivity index (χ0) is 13.8. The number of rotatable bonds is 6. The van der Waals surface area contributed by atoms with Gasteiger partial charge in [0.1, 0.15) is 5.82 Å². The molecule has 1 aromatic rings. The van der Waals surface area contributed by atoms with Crippen LogP contribution in [0.25, 0.3) is 0 Å². The molecule has 1 aliphatic heterocycles. The molecule has 1 unspecified atom stereocenters. The number of carboxylic acids is 1. The molecule has 1 saturated heterocycles. The summed E-state index contributed by atoms with van der Waals surface area (Å²) < 4.78 is 2.12. The highest BCUT2D eigenvalue weighted by molar-refractivity contribution is 7.99. The molecule has 1 aliphatic rings. The molecular weight excluding hydrogens is 282 g/mol. The van der Waals surface area contributed by atoms with Crippen LogP contribution in [0.1, 0.15) is 32.0 Å². The van der Waals surface area contributed by atoms with Crippen LogP contribution < -0.4 is 0 Å². The van der Waals surface area contributed by atoms with Crippen molar-refractivity contribution in [1.29, 1.82) is 0 Å². The van der Waals surface area contributed by atoms with Crippen LogP contribution in [0.15, 0.2) is 5.16 Å². The van der Waals surface area contributed by atoms with E-state index in [4.69, 9.17) is 5.11 Å². The number of aromatic nitrogens is 3. The first kappa shape index (κ1) is 14.7. The lowest BCUT2D eigenvalue weighted by Gasteiger charge is -2.14. The molecule has 0 spiro atoms. The van der Waals surface area contributed by atoms with Gasteiger partial charge in [0.15, 0.2) is 5.16 Å². The Hall–Kier alpha value is -0.690. The average Bonchev–Trinajstić information content (AvgIpc) is 2.94. The fourth-order valence-corrected chi connectivity index (χ4v) is 4.00. The van der Waals surface area contributed by atoms with Crippen molar-refractivity contribution < 1.29 is 9.90 Å². The first-order valence-corrected chi connectivity index (χ1v) is 8.57. The molecule has 1 aromatic heterocycles. The minimum Gasteiger partial charge on any atom is -0.481 e. The Morgan fingerprint density at radius 3 is 2.95 bits per heavy atom. The fourth-order valence-electron chi connectivity index (χ4n) is 2.11. The van der Waals surface area contributed by atoms with Crippen LogP contribution in [0.2, 0.25) is 0 Å². The third kappa shape index (κ3) is 3.89. The summed E-state index contributed by atoms with van der Waals surface area (Å²) in [5.41, 5.74) is 0. The summed E-state index contributed by atoms with van der Waals surface area (Å²) in [6.45, 7) is 5.16. The van der Waals surface area contributed by atoms with Crippen LogP contribution in [0.5, 0.6) is 0 Å². The van der Waals surface area contributed by atoms with Gasteiger partial charge in [0.05, 0.1) is 5.75 Å². The smallest absolute Gasteiger partial charge is 0.313 e. The maximum absolute atomic E-state index is 10.7. The lowest BCUT2D eigenvalue weighted by atomic mass is 10.1. The molecule has 0 aromatic carbocycles. The highest BCUT2D eigenvalue weighted by Crippen LogP contribution is 2.33. The molecule has 1 atom stereocenters. The molecule has 19 heavy (non-hydrogen) atoms. The maximum Gasteiger partial charge on any atom is 0.313 e. The van der Waals surface area contributed by atoms with Crippen molar-refractivity contribution in [2.75, 3.05) is 17.3 Å². The number of hydrogen-bond acceptors (Lipinski definition) is 5. The van der Waals surface area contributed by atoms with Gasteiger partial charge in [0.25, 0.3) is 0 Å². The van der Waals surface area contributed by atoms with Crippen LogP contribution in [0.3, 0.4) is 0 Å². The second kappa shape index (κ2) is 6.65. The number of nitrogens with zero attached hydrogens (tertiary/aromatic N) is 3. The molecule has 1 N–H and O–H groups in total. The number of carboxylic acid groups (broad SMARTS) is 1. The minimum atomic E-state index is -0.818. The van der Waals surface area contributed by atoms with E-state index in [1.807, 2.05) is 11.8 Å². The van der Waals surface area contributed by atoms with E-state index >= 15 is 0 Å². The summed E-state index contributed by atoms with van der Waals surface area (Å²) in [7, 11) is 0. The third-order valence-corrected chi connectivity index (χ3v) is 5.03. The normalized spacial score (nSPS) is 19.2. The molecule has 0 radical (unpaired) electrons. The Morgan fingerprint density at radius 1 is 1.58 bits per heavy atom. The van der Waals surface area contributed by atoms with Crippen LogP contribution >= 0.6 is 23.5 Å². The van der Waals surface area contributed by atoms with Gasteiger partial charge in [-0.3, -0.25) is 4.79 Å². The van der Waals surface area contributed by atoms with Gasteiger partial charge < -0.3 is 9.67 Å². The summed E-state index contributed by atoms with van der Waals surface area (Å²) >= 11 is 3.21. The van der Waals surface area contributed by atoms with E-state index in [-0.39, 0.29) is 5.75 Å². The Labute approximate surface area is 121 Å². The van der Waals surface area contributed by atoms with Crippen molar-refractivity contribution in [2.45, 2.75) is 37.9 Å². The van der Waals surface area contributed by atoms with Crippen LogP contribution in [-0.4, -0.2) is 43.1 Å². The first-order valence-electron chi connectivity index (χ1n) is 6.43. The van der Waals surface area contributed by atoms with E-state index in [2.05, 4.69) is 28.6 Å². The van der Waals surface area contributed by atoms with E-state index < -0.39 is 5.97 Å². The summed E-state index contributed by atoms with van der Waals surface area (Å²) in [5.74, 6) is 3.49. The van der Waals surface area contributed by atoms with E-state index in [0.29, 0.717) is 11.8 Å². The molecule has 0 saturated carbocycles. The van der Waals surface area contributed by atoms with Crippen LogP contribution in [0.4, 0.5) is 0 Å². The summed E-state index contributed by atoms with van der Waals surface area (Å²) in [4.78, 5) is 10.7. The molecule has 0 aliphatic carbocycles. The topological polar surface area (TPSA) is 68.0 Å². The van der Waals surface area contributed by atoms with Crippen molar-refractivity contribution in [3.8, 4) is 0 Å². The number of thioether (sulfide) groups is 2. The summed E-state index contributed by atoms with van der Waals surface area (Å²) in [5, 5.41) is 18.0. The highest BCUT2D eigenvalue weighted by atomic mass is 32.2. The molecule has 1 fully saturated rings. The van der Waals surface area contributed by atoms with Crippen LogP contribution in [0, 0.1) is 5.92 Å². The number of aliphatic carboxylic acids is 1. The van der Waals surface area contributed by atoms with Crippen molar-refractivity contribution in [1.82, 2.24) is 14.8 Å². The molecule has 5 nitrogen and oxygen atoms in total. The molecular formula is C12H19N3O2S2. The largest absolute Gasteiger partial charge is 0.481 e. The van der Waals surface area contributed by atoms with Gasteiger partial charge in [0.2, 0.25) is 0 Å². The van der Waals surface area contributed by atoms with Gasteiger partial charge in [0, 0.05) is 18.2 Å². The van der Waals surface area contributed by atoms with Gasteiger partial charge in [-0.15, -0.1) is 10.2 Å². The van der Waals surface area contributed by atoms with E-state index in [1.165, 1.54) is 17.5 Å². The summed E-state index contributed by atoms with van der Waals surface area (Å²) in [6.07, 6.45) is 1.14. The van der Waals surface area contributed by atoms with Crippen molar-refractivity contribution >= 4 is 29.5 Å². The average molecular weight is 301 g/mol. The second-order valence-corrected chi connectivity index (χ2v) is 7.18. The number of carbonyl (C=O) groups is 1. The molecule has 2 rings (SSSR count). The Morgan fingerprint density at radius 2 is 2.37 bits per heavy atom. The molecule has 0 amide bonds. The van der Waals surface area contributed by atoms with E-state index in [1.54, 1.807) is 0 Å². The second-order valence-electron chi connectivity index (χ2n) is 5.09. The predicted octanol–water partition coefficient (Wildman–Crippen LogP) is 2.33. The maximum atomic E-state index is 10.7. The van der Waals surface area contributed by atoms with Gasteiger partial charge in [-0.05, 0) is 18.1 Å². The van der Waals surface area contributed by atoms with Gasteiger partial charge in [-0.25, -0.2) is 0 Å². The molecule has 2 heterocycles. The Kier molecular flexibility index (Phi) is 5.15. The van der Waals surface area contributed by atoms with Crippen LogP contribution in [-0.2, 0) is 11.3 Å². The minimum absolute atomic E-state index is 0.0373. The number of hydrogen-bond donors (Lipinski definition) is 1. The SMILES string of the molecule is CC(C)Cn1c(SCC(=O)O)nnc1C1CCSC1. The lowest BCUT2D eigenvalue weighted by Crippen LogP contribution is -2.13.